The van der Waals surface area contributed by atoms with E-state index in [0.29, 0.717) is 11.4 Å². The normalized spacial score (nSPS) is 11.0. The van der Waals surface area contributed by atoms with Gasteiger partial charge >= 0.3 is 6.18 Å². The van der Waals surface area contributed by atoms with E-state index in [0.717, 1.165) is 29.2 Å². The van der Waals surface area contributed by atoms with Crippen molar-refractivity contribution < 1.29 is 27.5 Å². The molecular weight excluding hydrogens is 349 g/mol. The van der Waals surface area contributed by atoms with Crippen LogP contribution in [-0.2, 0) is 15.8 Å². The topological polar surface area (TPSA) is 58.6 Å². The number of halogens is 3. The Kier molecular flexibility index (Phi) is 5.86. The van der Waals surface area contributed by atoms with Crippen molar-refractivity contribution in [2.45, 2.75) is 13.1 Å². The highest BCUT2D eigenvalue weighted by Crippen LogP contribution is 2.30. The molecule has 0 fully saturated rings. The average Bonchev–Trinajstić information content (AvgIpc) is 2.59. The van der Waals surface area contributed by atoms with Gasteiger partial charge in [0.15, 0.2) is 0 Å². The zero-order valence-electron chi connectivity index (χ0n) is 14.1. The van der Waals surface area contributed by atoms with Crippen LogP contribution in [-0.4, -0.2) is 25.5 Å². The maximum absolute atomic E-state index is 12.6. The molecule has 0 aliphatic heterocycles. The van der Waals surface area contributed by atoms with Crippen LogP contribution in [0.25, 0.3) is 0 Å². The molecule has 0 bridgehead atoms. The van der Waals surface area contributed by atoms with Crippen molar-refractivity contribution >= 4 is 23.2 Å². The summed E-state index contributed by atoms with van der Waals surface area (Å²) in [6.45, 7) is 0.908. The summed E-state index contributed by atoms with van der Waals surface area (Å²) in [5.74, 6) is -0.321. The molecule has 0 aliphatic rings. The van der Waals surface area contributed by atoms with Crippen LogP contribution in [0.1, 0.15) is 12.5 Å². The van der Waals surface area contributed by atoms with Gasteiger partial charge in [-0.1, -0.05) is 0 Å². The first-order valence-corrected chi connectivity index (χ1v) is 7.60. The van der Waals surface area contributed by atoms with Crippen molar-refractivity contribution in [3.8, 4) is 5.75 Å². The Morgan fingerprint density at radius 2 is 1.62 bits per heavy atom. The van der Waals surface area contributed by atoms with Gasteiger partial charge in [0.25, 0.3) is 0 Å². The minimum absolute atomic E-state index is 0.204. The summed E-state index contributed by atoms with van der Waals surface area (Å²) in [6.07, 6.45) is -4.47. The summed E-state index contributed by atoms with van der Waals surface area (Å²) >= 11 is 0. The molecule has 2 aromatic rings. The number of hydrogen-bond acceptors (Lipinski definition) is 3. The summed E-state index contributed by atoms with van der Waals surface area (Å²) < 4.78 is 42.9. The lowest BCUT2D eigenvalue weighted by molar-refractivity contribution is -0.137. The number of rotatable bonds is 5. The zero-order chi connectivity index (χ0) is 19.3. The molecule has 2 rings (SSSR count). The lowest BCUT2D eigenvalue weighted by atomic mass is 10.2. The lowest BCUT2D eigenvalue weighted by Gasteiger charge is -2.21. The Labute approximate surface area is 148 Å². The number of hydrogen-bond donors (Lipinski definition) is 1. The van der Waals surface area contributed by atoms with Gasteiger partial charge in [0.2, 0.25) is 11.8 Å². The van der Waals surface area contributed by atoms with Crippen LogP contribution in [0.4, 0.5) is 24.5 Å². The molecule has 8 heteroatoms. The Hall–Kier alpha value is -3.03. The first-order chi connectivity index (χ1) is 12.2. The number of nitrogens with zero attached hydrogens (tertiary/aromatic N) is 1. The van der Waals surface area contributed by atoms with Gasteiger partial charge in [-0.25, -0.2) is 0 Å². The van der Waals surface area contributed by atoms with E-state index >= 15 is 0 Å². The van der Waals surface area contributed by atoms with Gasteiger partial charge in [0.1, 0.15) is 12.3 Å². The number of carbonyl (C=O) groups excluding carboxylic acids is 2. The summed E-state index contributed by atoms with van der Waals surface area (Å²) in [5, 5.41) is 2.62. The van der Waals surface area contributed by atoms with Gasteiger partial charge in [0, 0.05) is 18.3 Å². The molecule has 138 valence electrons. The molecule has 0 aliphatic carbocycles. The average molecular weight is 366 g/mol. The van der Waals surface area contributed by atoms with Crippen LogP contribution in [0.2, 0.25) is 0 Å². The number of anilines is 2. The maximum Gasteiger partial charge on any atom is 0.416 e. The lowest BCUT2D eigenvalue weighted by Crippen LogP contribution is -2.36. The molecule has 2 aromatic carbocycles. The number of benzene rings is 2. The van der Waals surface area contributed by atoms with Crippen LogP contribution in [0.3, 0.4) is 0 Å². The molecule has 1 N–H and O–H groups in total. The number of carbonyl (C=O) groups is 2. The summed E-state index contributed by atoms with van der Waals surface area (Å²) in [4.78, 5) is 25.1. The third-order valence-electron chi connectivity index (χ3n) is 3.56. The molecule has 0 saturated heterocycles. The van der Waals surface area contributed by atoms with Gasteiger partial charge in [-0.3, -0.25) is 9.59 Å². The number of methoxy groups -OCH3 is 1. The first-order valence-electron chi connectivity index (χ1n) is 7.60. The smallest absolute Gasteiger partial charge is 0.416 e. The molecule has 0 aromatic heterocycles. The summed E-state index contributed by atoms with van der Waals surface area (Å²) in [5.41, 5.74) is -0.116. The quantitative estimate of drug-likeness (QED) is 0.878. The van der Waals surface area contributed by atoms with Gasteiger partial charge in [0.05, 0.1) is 12.7 Å². The van der Waals surface area contributed by atoms with E-state index in [1.165, 1.54) is 14.0 Å². The molecule has 0 radical (unpaired) electrons. The standard InChI is InChI=1S/C18H17F3N2O3/c1-12(24)23(15-7-3-13(4-8-15)18(19,20)21)11-17(25)22-14-5-9-16(26-2)10-6-14/h3-10H,11H2,1-2H3,(H,22,25). The molecular formula is C18H17F3N2O3. The van der Waals surface area contributed by atoms with Crippen LogP contribution in [0.5, 0.6) is 5.75 Å². The van der Waals surface area contributed by atoms with Crippen LogP contribution >= 0.6 is 0 Å². The Morgan fingerprint density at radius 1 is 1.04 bits per heavy atom. The first kappa shape index (κ1) is 19.3. The summed E-state index contributed by atoms with van der Waals surface area (Å²) in [6, 6.07) is 10.6. The van der Waals surface area contributed by atoms with E-state index < -0.39 is 23.6 Å². The molecule has 0 unspecified atom stereocenters. The highest BCUT2D eigenvalue weighted by molar-refractivity contribution is 6.01. The second-order valence-corrected chi connectivity index (χ2v) is 5.43. The van der Waals surface area contributed by atoms with E-state index in [1.54, 1.807) is 24.3 Å². The minimum Gasteiger partial charge on any atom is -0.497 e. The molecule has 2 amide bonds. The molecule has 5 nitrogen and oxygen atoms in total. The minimum atomic E-state index is -4.47. The van der Waals surface area contributed by atoms with Crippen molar-refractivity contribution in [2.24, 2.45) is 0 Å². The van der Waals surface area contributed by atoms with E-state index in [-0.39, 0.29) is 12.2 Å². The van der Waals surface area contributed by atoms with E-state index in [1.807, 2.05) is 0 Å². The van der Waals surface area contributed by atoms with Crippen LogP contribution in [0, 0.1) is 0 Å². The Bertz CT molecular complexity index is 772. The number of nitrogens with one attached hydrogen (secondary N) is 1. The third kappa shape index (κ3) is 4.98. The van der Waals surface area contributed by atoms with Gasteiger partial charge in [-0.05, 0) is 48.5 Å². The second kappa shape index (κ2) is 7.90. The molecule has 0 saturated carbocycles. The second-order valence-electron chi connectivity index (χ2n) is 5.43. The van der Waals surface area contributed by atoms with Gasteiger partial charge < -0.3 is 15.0 Å². The number of amides is 2. The van der Waals surface area contributed by atoms with Crippen molar-refractivity contribution in [2.75, 3.05) is 23.9 Å². The fraction of sp³-hybridized carbons (Fsp3) is 0.222. The zero-order valence-corrected chi connectivity index (χ0v) is 14.1. The van der Waals surface area contributed by atoms with Crippen molar-refractivity contribution in [1.82, 2.24) is 0 Å². The predicted molar refractivity (Wildman–Crippen MR) is 91.1 cm³/mol. The highest BCUT2D eigenvalue weighted by Gasteiger charge is 2.30. The highest BCUT2D eigenvalue weighted by atomic mass is 19.4. The van der Waals surface area contributed by atoms with Crippen molar-refractivity contribution in [1.29, 1.82) is 0 Å². The van der Waals surface area contributed by atoms with Crippen LogP contribution < -0.4 is 15.0 Å². The van der Waals surface area contributed by atoms with Crippen molar-refractivity contribution in [3.05, 3.63) is 54.1 Å². The van der Waals surface area contributed by atoms with E-state index in [4.69, 9.17) is 4.74 Å². The number of alkyl halides is 3. The maximum atomic E-state index is 12.6. The molecule has 0 atom stereocenters. The van der Waals surface area contributed by atoms with Crippen molar-refractivity contribution in [3.63, 3.8) is 0 Å². The fourth-order valence-electron chi connectivity index (χ4n) is 2.23. The Balaban J connectivity index is 2.09. The molecule has 26 heavy (non-hydrogen) atoms. The van der Waals surface area contributed by atoms with Gasteiger partial charge in [-0.15, -0.1) is 0 Å². The fourth-order valence-corrected chi connectivity index (χ4v) is 2.23. The third-order valence-corrected chi connectivity index (χ3v) is 3.56. The van der Waals surface area contributed by atoms with E-state index in [9.17, 15) is 22.8 Å². The monoisotopic (exact) mass is 366 g/mol. The SMILES string of the molecule is COc1ccc(NC(=O)CN(C(C)=O)c2ccc(C(F)(F)F)cc2)cc1. The number of ether oxygens (including phenoxy) is 1. The summed E-state index contributed by atoms with van der Waals surface area (Å²) in [7, 11) is 1.52. The predicted octanol–water partition coefficient (Wildman–Crippen LogP) is 3.71. The van der Waals surface area contributed by atoms with Gasteiger partial charge in [-0.2, -0.15) is 13.2 Å². The largest absolute Gasteiger partial charge is 0.497 e. The molecule has 0 heterocycles. The molecule has 0 spiro atoms. The Morgan fingerprint density at radius 3 is 2.08 bits per heavy atom. The van der Waals surface area contributed by atoms with E-state index in [2.05, 4.69) is 5.32 Å². The van der Waals surface area contributed by atoms with Crippen LogP contribution in [0.15, 0.2) is 48.5 Å².